The molecule has 0 spiro atoms. The second kappa shape index (κ2) is 7.50. The maximum absolute atomic E-state index is 11.7. The molecule has 0 aromatic carbocycles. The number of thioether (sulfide) groups is 1. The molecule has 19 heavy (non-hydrogen) atoms. The number of carbonyl (C=O) groups excluding carboxylic acids is 1. The zero-order chi connectivity index (χ0) is 14.5. The van der Waals surface area contributed by atoms with E-state index in [2.05, 4.69) is 5.32 Å². The highest BCUT2D eigenvalue weighted by atomic mass is 32.2. The van der Waals surface area contributed by atoms with Gasteiger partial charge < -0.3 is 10.4 Å². The van der Waals surface area contributed by atoms with Gasteiger partial charge in [-0.25, -0.2) is 8.42 Å². The molecule has 1 aliphatic heterocycles. The Hall–Kier alpha value is -0.270. The van der Waals surface area contributed by atoms with E-state index >= 15 is 0 Å². The molecule has 1 fully saturated rings. The predicted molar refractivity (Wildman–Crippen MR) is 78.0 cm³/mol. The average molecular weight is 309 g/mol. The SMILES string of the molecule is CC(C)CC(CO)NC(=O)CSC1CCS(=O)(=O)C1. The maximum Gasteiger partial charge on any atom is 0.230 e. The van der Waals surface area contributed by atoms with E-state index in [-0.39, 0.29) is 41.1 Å². The molecule has 0 radical (unpaired) electrons. The third kappa shape index (κ3) is 6.63. The summed E-state index contributed by atoms with van der Waals surface area (Å²) in [5.41, 5.74) is 0. The normalized spacial score (nSPS) is 23.5. The Labute approximate surface area is 119 Å². The quantitative estimate of drug-likeness (QED) is 0.712. The summed E-state index contributed by atoms with van der Waals surface area (Å²) in [6, 6.07) is -0.208. The van der Waals surface area contributed by atoms with E-state index in [1.54, 1.807) is 0 Å². The number of rotatable bonds is 7. The topological polar surface area (TPSA) is 83.5 Å². The van der Waals surface area contributed by atoms with Crippen molar-refractivity contribution in [2.45, 2.75) is 38.0 Å². The van der Waals surface area contributed by atoms with E-state index in [4.69, 9.17) is 0 Å². The number of hydrogen-bond donors (Lipinski definition) is 2. The number of aliphatic hydroxyl groups is 1. The second-order valence-electron chi connectivity index (χ2n) is 5.41. The van der Waals surface area contributed by atoms with Crippen LogP contribution in [0.3, 0.4) is 0 Å². The van der Waals surface area contributed by atoms with Crippen molar-refractivity contribution in [3.8, 4) is 0 Å². The van der Waals surface area contributed by atoms with Crippen LogP contribution in [0.5, 0.6) is 0 Å². The van der Waals surface area contributed by atoms with E-state index in [9.17, 15) is 18.3 Å². The lowest BCUT2D eigenvalue weighted by Gasteiger charge is -2.18. The molecule has 1 aliphatic rings. The fraction of sp³-hybridized carbons (Fsp3) is 0.917. The zero-order valence-electron chi connectivity index (χ0n) is 11.5. The predicted octanol–water partition coefficient (Wildman–Crippen LogP) is 0.430. The van der Waals surface area contributed by atoms with Gasteiger partial charge in [-0.05, 0) is 18.8 Å². The highest BCUT2D eigenvalue weighted by Gasteiger charge is 2.28. The van der Waals surface area contributed by atoms with Crippen LogP contribution >= 0.6 is 11.8 Å². The molecule has 7 heteroatoms. The minimum atomic E-state index is -2.88. The number of amides is 1. The molecule has 2 unspecified atom stereocenters. The first-order chi connectivity index (χ1) is 8.82. The van der Waals surface area contributed by atoms with Crippen LogP contribution in [-0.2, 0) is 14.6 Å². The average Bonchev–Trinajstić information content (AvgIpc) is 2.65. The summed E-state index contributed by atoms with van der Waals surface area (Å²) in [4.78, 5) is 11.7. The Morgan fingerprint density at radius 1 is 1.47 bits per heavy atom. The van der Waals surface area contributed by atoms with Crippen LogP contribution in [0.2, 0.25) is 0 Å². The van der Waals surface area contributed by atoms with Crippen molar-refractivity contribution < 1.29 is 18.3 Å². The van der Waals surface area contributed by atoms with Crippen molar-refractivity contribution in [2.75, 3.05) is 23.9 Å². The van der Waals surface area contributed by atoms with Crippen LogP contribution in [0.25, 0.3) is 0 Å². The summed E-state index contributed by atoms with van der Waals surface area (Å²) in [7, 11) is -2.88. The molecular weight excluding hydrogens is 286 g/mol. The Kier molecular flexibility index (Phi) is 6.62. The Bertz CT molecular complexity index is 395. The Balaban J connectivity index is 2.27. The van der Waals surface area contributed by atoms with Gasteiger partial charge in [0.05, 0.1) is 29.9 Å². The second-order valence-corrected chi connectivity index (χ2v) is 8.93. The third-order valence-electron chi connectivity index (χ3n) is 2.98. The molecule has 1 saturated heterocycles. The van der Waals surface area contributed by atoms with Gasteiger partial charge in [-0.15, -0.1) is 11.8 Å². The molecule has 0 saturated carbocycles. The van der Waals surface area contributed by atoms with Gasteiger partial charge in [-0.3, -0.25) is 4.79 Å². The number of nitrogens with one attached hydrogen (secondary N) is 1. The van der Waals surface area contributed by atoms with Crippen LogP contribution in [-0.4, -0.2) is 54.6 Å². The zero-order valence-corrected chi connectivity index (χ0v) is 13.1. The van der Waals surface area contributed by atoms with E-state index in [0.717, 1.165) is 6.42 Å². The first-order valence-electron chi connectivity index (χ1n) is 6.54. The lowest BCUT2D eigenvalue weighted by Crippen LogP contribution is -2.39. The van der Waals surface area contributed by atoms with E-state index in [0.29, 0.717) is 12.3 Å². The van der Waals surface area contributed by atoms with Crippen LogP contribution < -0.4 is 5.32 Å². The summed E-state index contributed by atoms with van der Waals surface area (Å²) in [5.74, 6) is 0.952. The van der Waals surface area contributed by atoms with Gasteiger partial charge in [0, 0.05) is 5.25 Å². The van der Waals surface area contributed by atoms with Gasteiger partial charge in [0.1, 0.15) is 0 Å². The van der Waals surface area contributed by atoms with Crippen molar-refractivity contribution in [1.82, 2.24) is 5.32 Å². The van der Waals surface area contributed by atoms with Crippen molar-refractivity contribution in [2.24, 2.45) is 5.92 Å². The van der Waals surface area contributed by atoms with Gasteiger partial charge in [-0.2, -0.15) is 0 Å². The summed E-state index contributed by atoms with van der Waals surface area (Å²) >= 11 is 1.39. The number of sulfone groups is 1. The first kappa shape index (κ1) is 16.8. The Morgan fingerprint density at radius 3 is 2.63 bits per heavy atom. The fourth-order valence-corrected chi connectivity index (χ4v) is 5.56. The van der Waals surface area contributed by atoms with Gasteiger partial charge in [0.15, 0.2) is 9.84 Å². The summed E-state index contributed by atoms with van der Waals surface area (Å²) in [6.45, 7) is 4.01. The van der Waals surface area contributed by atoms with E-state index in [1.807, 2.05) is 13.8 Å². The van der Waals surface area contributed by atoms with Crippen molar-refractivity contribution in [3.05, 3.63) is 0 Å². The fourth-order valence-electron chi connectivity index (χ4n) is 2.10. The Morgan fingerprint density at radius 2 is 2.16 bits per heavy atom. The van der Waals surface area contributed by atoms with Crippen molar-refractivity contribution in [3.63, 3.8) is 0 Å². The lowest BCUT2D eigenvalue weighted by molar-refractivity contribution is -0.119. The van der Waals surface area contributed by atoms with Crippen molar-refractivity contribution in [1.29, 1.82) is 0 Å². The first-order valence-corrected chi connectivity index (χ1v) is 9.41. The molecule has 2 N–H and O–H groups in total. The molecule has 0 aromatic heterocycles. The van der Waals surface area contributed by atoms with Crippen molar-refractivity contribution >= 4 is 27.5 Å². The molecule has 2 atom stereocenters. The van der Waals surface area contributed by atoms with Crippen LogP contribution in [0.4, 0.5) is 0 Å². The van der Waals surface area contributed by atoms with Gasteiger partial charge in [-0.1, -0.05) is 13.8 Å². The third-order valence-corrected chi connectivity index (χ3v) is 6.26. The minimum absolute atomic E-state index is 0.0356. The van der Waals surface area contributed by atoms with Crippen LogP contribution in [0.1, 0.15) is 26.7 Å². The largest absolute Gasteiger partial charge is 0.394 e. The lowest BCUT2D eigenvalue weighted by atomic mass is 10.0. The van der Waals surface area contributed by atoms with E-state index < -0.39 is 9.84 Å². The number of hydrogen-bond acceptors (Lipinski definition) is 5. The molecule has 1 amide bonds. The highest BCUT2D eigenvalue weighted by molar-refractivity contribution is 8.02. The monoisotopic (exact) mass is 309 g/mol. The van der Waals surface area contributed by atoms with E-state index in [1.165, 1.54) is 11.8 Å². The number of carbonyl (C=O) groups is 1. The molecule has 5 nitrogen and oxygen atoms in total. The summed E-state index contributed by atoms with van der Waals surface area (Å²) in [6.07, 6.45) is 1.38. The van der Waals surface area contributed by atoms with Gasteiger partial charge in [0.25, 0.3) is 0 Å². The molecule has 0 aromatic rings. The molecule has 112 valence electrons. The minimum Gasteiger partial charge on any atom is -0.394 e. The molecular formula is C12H23NO4S2. The van der Waals surface area contributed by atoms with Gasteiger partial charge in [0.2, 0.25) is 5.91 Å². The standard InChI is InChI=1S/C12H23NO4S2/c1-9(2)5-10(6-14)13-12(15)7-18-11-3-4-19(16,17)8-11/h9-11,14H,3-8H2,1-2H3,(H,13,15). The molecule has 0 bridgehead atoms. The van der Waals surface area contributed by atoms with Crippen LogP contribution in [0, 0.1) is 5.92 Å². The summed E-state index contributed by atoms with van der Waals surface area (Å²) in [5, 5.41) is 12.0. The smallest absolute Gasteiger partial charge is 0.230 e. The highest BCUT2D eigenvalue weighted by Crippen LogP contribution is 2.24. The maximum atomic E-state index is 11.7. The molecule has 1 rings (SSSR count). The summed E-state index contributed by atoms with van der Waals surface area (Å²) < 4.78 is 22.6. The van der Waals surface area contributed by atoms with Crippen LogP contribution in [0.15, 0.2) is 0 Å². The molecule has 1 heterocycles. The van der Waals surface area contributed by atoms with Gasteiger partial charge >= 0.3 is 0 Å². The molecule has 0 aliphatic carbocycles. The number of aliphatic hydroxyl groups excluding tert-OH is 1.